The van der Waals surface area contributed by atoms with E-state index >= 15 is 0 Å². The third-order valence-electron chi connectivity index (χ3n) is 3.27. The van der Waals surface area contributed by atoms with Crippen LogP contribution >= 0.6 is 0 Å². The average molecular weight is 235 g/mol. The van der Waals surface area contributed by atoms with Crippen molar-refractivity contribution < 1.29 is 14.6 Å². The first-order valence-electron chi connectivity index (χ1n) is 5.69. The quantitative estimate of drug-likeness (QED) is 0.823. The zero-order valence-electron chi connectivity index (χ0n) is 10.1. The second-order valence-corrected chi connectivity index (χ2v) is 4.88. The largest absolute Gasteiger partial charge is 0.497 e. The Morgan fingerprint density at radius 1 is 1.53 bits per heavy atom. The summed E-state index contributed by atoms with van der Waals surface area (Å²) in [5, 5.41) is 12.3. The first kappa shape index (κ1) is 11.8. The van der Waals surface area contributed by atoms with Crippen LogP contribution < -0.4 is 10.1 Å². The summed E-state index contributed by atoms with van der Waals surface area (Å²) in [6.07, 6.45) is 2.40. The first-order valence-corrected chi connectivity index (χ1v) is 5.69. The molecule has 0 aromatic heterocycles. The summed E-state index contributed by atoms with van der Waals surface area (Å²) in [7, 11) is 1.57. The number of carboxylic acid groups (broad SMARTS) is 1. The van der Waals surface area contributed by atoms with Crippen LogP contribution in [-0.4, -0.2) is 24.7 Å². The van der Waals surface area contributed by atoms with Gasteiger partial charge < -0.3 is 15.2 Å². The fourth-order valence-corrected chi connectivity index (χ4v) is 1.68. The Morgan fingerprint density at radius 2 is 2.24 bits per heavy atom. The molecule has 1 aliphatic rings. The number of benzene rings is 1. The lowest BCUT2D eigenvalue weighted by molar-refractivity contribution is 0.0698. The summed E-state index contributed by atoms with van der Waals surface area (Å²) in [4.78, 5) is 11.1. The minimum absolute atomic E-state index is 0.287. The molecular weight excluding hydrogens is 218 g/mol. The predicted molar refractivity (Wildman–Crippen MR) is 65.8 cm³/mol. The number of aromatic carboxylic acids is 1. The van der Waals surface area contributed by atoms with Gasteiger partial charge in [0.05, 0.1) is 18.4 Å². The lowest BCUT2D eigenvalue weighted by atomic mass is 10.1. The SMILES string of the molecule is COc1ccc(C(=O)O)c(NCC2(C)CC2)c1. The van der Waals surface area contributed by atoms with E-state index in [1.165, 1.54) is 12.8 Å². The Kier molecular flexibility index (Phi) is 2.96. The fraction of sp³-hybridized carbons (Fsp3) is 0.462. The lowest BCUT2D eigenvalue weighted by Gasteiger charge is -2.14. The molecule has 1 fully saturated rings. The van der Waals surface area contributed by atoms with Gasteiger partial charge in [-0.2, -0.15) is 0 Å². The number of hydrogen-bond donors (Lipinski definition) is 2. The molecule has 1 saturated carbocycles. The molecule has 0 bridgehead atoms. The molecule has 92 valence electrons. The van der Waals surface area contributed by atoms with E-state index in [-0.39, 0.29) is 5.56 Å². The first-order chi connectivity index (χ1) is 8.04. The van der Waals surface area contributed by atoms with Gasteiger partial charge >= 0.3 is 5.97 Å². The smallest absolute Gasteiger partial charge is 0.337 e. The van der Waals surface area contributed by atoms with E-state index in [1.807, 2.05) is 0 Å². The van der Waals surface area contributed by atoms with Crippen LogP contribution in [0, 0.1) is 5.41 Å². The molecule has 2 N–H and O–H groups in total. The highest BCUT2D eigenvalue weighted by Crippen LogP contribution is 2.45. The van der Waals surface area contributed by atoms with Crippen molar-refractivity contribution in [1.82, 2.24) is 0 Å². The van der Waals surface area contributed by atoms with E-state index in [0.29, 0.717) is 16.9 Å². The van der Waals surface area contributed by atoms with E-state index in [0.717, 1.165) is 6.54 Å². The fourth-order valence-electron chi connectivity index (χ4n) is 1.68. The highest BCUT2D eigenvalue weighted by atomic mass is 16.5. The Bertz CT molecular complexity index is 438. The van der Waals surface area contributed by atoms with Gasteiger partial charge in [0.1, 0.15) is 5.75 Å². The van der Waals surface area contributed by atoms with E-state index in [2.05, 4.69) is 12.2 Å². The topological polar surface area (TPSA) is 58.6 Å². The van der Waals surface area contributed by atoms with Crippen molar-refractivity contribution in [3.63, 3.8) is 0 Å². The van der Waals surface area contributed by atoms with Crippen molar-refractivity contribution in [3.05, 3.63) is 23.8 Å². The molecular formula is C13H17NO3. The molecule has 1 aliphatic carbocycles. The van der Waals surface area contributed by atoms with Crippen LogP contribution in [0.25, 0.3) is 0 Å². The van der Waals surface area contributed by atoms with Crippen LogP contribution in [0.4, 0.5) is 5.69 Å². The average Bonchev–Trinajstić information content (AvgIpc) is 3.04. The Balaban J connectivity index is 2.18. The number of methoxy groups -OCH3 is 1. The van der Waals surface area contributed by atoms with E-state index in [1.54, 1.807) is 25.3 Å². The van der Waals surface area contributed by atoms with Crippen LogP contribution in [0.3, 0.4) is 0 Å². The number of carboxylic acids is 1. The van der Waals surface area contributed by atoms with E-state index in [4.69, 9.17) is 9.84 Å². The number of hydrogen-bond acceptors (Lipinski definition) is 3. The zero-order chi connectivity index (χ0) is 12.5. The molecule has 0 unspecified atom stereocenters. The van der Waals surface area contributed by atoms with Crippen molar-refractivity contribution in [2.75, 3.05) is 19.0 Å². The minimum Gasteiger partial charge on any atom is -0.497 e. The molecule has 4 nitrogen and oxygen atoms in total. The predicted octanol–water partition coefficient (Wildman–Crippen LogP) is 2.61. The van der Waals surface area contributed by atoms with Crippen LogP contribution in [0.2, 0.25) is 0 Å². The second-order valence-electron chi connectivity index (χ2n) is 4.88. The van der Waals surface area contributed by atoms with Gasteiger partial charge in [-0.05, 0) is 30.4 Å². The summed E-state index contributed by atoms with van der Waals surface area (Å²) < 4.78 is 5.10. The lowest BCUT2D eigenvalue weighted by Crippen LogP contribution is -2.14. The van der Waals surface area contributed by atoms with Crippen molar-refractivity contribution in [2.24, 2.45) is 5.41 Å². The highest BCUT2D eigenvalue weighted by molar-refractivity contribution is 5.94. The molecule has 0 aliphatic heterocycles. The van der Waals surface area contributed by atoms with Gasteiger partial charge in [-0.3, -0.25) is 0 Å². The summed E-state index contributed by atoms with van der Waals surface area (Å²) >= 11 is 0. The van der Waals surface area contributed by atoms with Crippen molar-refractivity contribution in [3.8, 4) is 5.75 Å². The van der Waals surface area contributed by atoms with Crippen LogP contribution in [-0.2, 0) is 0 Å². The molecule has 2 rings (SSSR count). The second kappa shape index (κ2) is 4.28. The van der Waals surface area contributed by atoms with Crippen LogP contribution in [0.15, 0.2) is 18.2 Å². The zero-order valence-corrected chi connectivity index (χ0v) is 10.1. The molecule has 1 aromatic rings. The summed E-state index contributed by atoms with van der Waals surface area (Å²) in [6.45, 7) is 3.00. The van der Waals surface area contributed by atoms with Crippen molar-refractivity contribution in [2.45, 2.75) is 19.8 Å². The van der Waals surface area contributed by atoms with Gasteiger partial charge in [0.15, 0.2) is 0 Å². The van der Waals surface area contributed by atoms with Crippen LogP contribution in [0.1, 0.15) is 30.1 Å². The molecule has 0 spiro atoms. The van der Waals surface area contributed by atoms with Gasteiger partial charge in [-0.25, -0.2) is 4.79 Å². The summed E-state index contributed by atoms with van der Waals surface area (Å²) in [5.41, 5.74) is 1.25. The molecule has 0 atom stereocenters. The Hall–Kier alpha value is -1.71. The van der Waals surface area contributed by atoms with E-state index < -0.39 is 5.97 Å². The molecule has 4 heteroatoms. The normalized spacial score (nSPS) is 16.4. The van der Waals surface area contributed by atoms with Crippen molar-refractivity contribution in [1.29, 1.82) is 0 Å². The van der Waals surface area contributed by atoms with Crippen LogP contribution in [0.5, 0.6) is 5.75 Å². The standard InChI is InChI=1S/C13H17NO3/c1-13(5-6-13)8-14-11-7-9(17-2)3-4-10(11)12(15)16/h3-4,7,14H,5-6,8H2,1-2H3,(H,15,16). The number of nitrogens with one attached hydrogen (secondary N) is 1. The van der Waals surface area contributed by atoms with Gasteiger partial charge in [-0.15, -0.1) is 0 Å². The third kappa shape index (κ3) is 2.70. The van der Waals surface area contributed by atoms with Gasteiger partial charge in [0, 0.05) is 12.6 Å². The highest BCUT2D eigenvalue weighted by Gasteiger charge is 2.36. The molecule has 0 saturated heterocycles. The maximum Gasteiger partial charge on any atom is 0.337 e. The van der Waals surface area contributed by atoms with Crippen molar-refractivity contribution >= 4 is 11.7 Å². The molecule has 1 aromatic carbocycles. The van der Waals surface area contributed by atoms with E-state index in [9.17, 15) is 4.79 Å². The number of anilines is 1. The van der Waals surface area contributed by atoms with Gasteiger partial charge in [0.2, 0.25) is 0 Å². The maximum absolute atomic E-state index is 11.1. The monoisotopic (exact) mass is 235 g/mol. The summed E-state index contributed by atoms with van der Waals surface area (Å²) in [6, 6.07) is 4.96. The molecule has 17 heavy (non-hydrogen) atoms. The number of rotatable bonds is 5. The Labute approximate surface area is 101 Å². The maximum atomic E-state index is 11.1. The number of ether oxygens (including phenoxy) is 1. The van der Waals surface area contributed by atoms with Gasteiger partial charge in [0.25, 0.3) is 0 Å². The molecule has 0 heterocycles. The Morgan fingerprint density at radius 3 is 2.76 bits per heavy atom. The summed E-state index contributed by atoms with van der Waals surface area (Å²) in [5.74, 6) is -0.255. The molecule has 0 radical (unpaired) electrons. The number of carbonyl (C=O) groups is 1. The molecule has 0 amide bonds. The third-order valence-corrected chi connectivity index (χ3v) is 3.27. The van der Waals surface area contributed by atoms with Gasteiger partial charge in [-0.1, -0.05) is 6.92 Å². The minimum atomic E-state index is -0.920.